The molecular formula is C14H12N2O2S. The largest absolute Gasteiger partial charge is 0.495 e. The molecule has 0 saturated carbocycles. The molecule has 0 atom stereocenters. The number of thiophene rings is 1. The van der Waals surface area contributed by atoms with Crippen LogP contribution in [0.1, 0.15) is 15.2 Å². The molecule has 1 heterocycles. The van der Waals surface area contributed by atoms with Crippen LogP contribution in [0.3, 0.4) is 0 Å². The molecule has 0 aliphatic carbocycles. The Hall–Kier alpha value is -2.32. The SMILES string of the molecule is COc1ccsc1C(=O)N(C)c1cccc(C#N)c1. The summed E-state index contributed by atoms with van der Waals surface area (Å²) in [5.41, 5.74) is 1.20. The zero-order chi connectivity index (χ0) is 13.8. The lowest BCUT2D eigenvalue weighted by atomic mass is 10.2. The monoisotopic (exact) mass is 272 g/mol. The molecule has 0 N–H and O–H groups in total. The van der Waals surface area contributed by atoms with Gasteiger partial charge in [-0.1, -0.05) is 6.07 Å². The second-order valence-corrected chi connectivity index (χ2v) is 4.76. The third-order valence-electron chi connectivity index (χ3n) is 2.71. The highest BCUT2D eigenvalue weighted by atomic mass is 32.1. The molecule has 1 aromatic carbocycles. The molecule has 0 unspecified atom stereocenters. The first-order chi connectivity index (χ1) is 9.17. The van der Waals surface area contributed by atoms with E-state index in [4.69, 9.17) is 10.00 Å². The Morgan fingerprint density at radius 3 is 2.89 bits per heavy atom. The molecule has 1 amide bonds. The van der Waals surface area contributed by atoms with Gasteiger partial charge in [-0.25, -0.2) is 0 Å². The number of amides is 1. The van der Waals surface area contributed by atoms with Gasteiger partial charge in [0.05, 0.1) is 18.7 Å². The van der Waals surface area contributed by atoms with Gasteiger partial charge in [-0.15, -0.1) is 11.3 Å². The number of nitrogens with zero attached hydrogens (tertiary/aromatic N) is 2. The maximum absolute atomic E-state index is 12.4. The Balaban J connectivity index is 2.31. The first kappa shape index (κ1) is 13.1. The van der Waals surface area contributed by atoms with Crippen molar-refractivity contribution in [2.75, 3.05) is 19.1 Å². The van der Waals surface area contributed by atoms with Crippen LogP contribution >= 0.6 is 11.3 Å². The van der Waals surface area contributed by atoms with Crippen molar-refractivity contribution in [2.24, 2.45) is 0 Å². The van der Waals surface area contributed by atoms with E-state index in [0.29, 0.717) is 21.9 Å². The molecule has 0 aliphatic rings. The fourth-order valence-electron chi connectivity index (χ4n) is 1.67. The zero-order valence-corrected chi connectivity index (χ0v) is 11.4. The van der Waals surface area contributed by atoms with Crippen LogP contribution in [-0.2, 0) is 0 Å². The van der Waals surface area contributed by atoms with E-state index in [1.165, 1.54) is 23.3 Å². The highest BCUT2D eigenvalue weighted by Gasteiger charge is 2.19. The maximum Gasteiger partial charge on any atom is 0.271 e. The van der Waals surface area contributed by atoms with Crippen molar-refractivity contribution in [1.29, 1.82) is 5.26 Å². The zero-order valence-electron chi connectivity index (χ0n) is 10.6. The van der Waals surface area contributed by atoms with Gasteiger partial charge in [-0.05, 0) is 29.6 Å². The van der Waals surface area contributed by atoms with Crippen LogP contribution in [0.5, 0.6) is 5.75 Å². The lowest BCUT2D eigenvalue weighted by Gasteiger charge is -2.17. The van der Waals surface area contributed by atoms with Gasteiger partial charge in [0, 0.05) is 12.7 Å². The summed E-state index contributed by atoms with van der Waals surface area (Å²) in [7, 11) is 3.22. The van der Waals surface area contributed by atoms with E-state index >= 15 is 0 Å². The van der Waals surface area contributed by atoms with Crippen molar-refractivity contribution in [3.8, 4) is 11.8 Å². The first-order valence-corrected chi connectivity index (χ1v) is 6.45. The van der Waals surface area contributed by atoms with Crippen molar-refractivity contribution < 1.29 is 9.53 Å². The number of hydrogen-bond donors (Lipinski definition) is 0. The number of anilines is 1. The number of carbonyl (C=O) groups is 1. The fourth-order valence-corrected chi connectivity index (χ4v) is 2.50. The van der Waals surface area contributed by atoms with Gasteiger partial charge in [0.15, 0.2) is 0 Å². The molecule has 4 nitrogen and oxygen atoms in total. The van der Waals surface area contributed by atoms with Crippen LogP contribution in [0.2, 0.25) is 0 Å². The van der Waals surface area contributed by atoms with Crippen LogP contribution in [0, 0.1) is 11.3 Å². The first-order valence-electron chi connectivity index (χ1n) is 5.57. The minimum absolute atomic E-state index is 0.151. The summed E-state index contributed by atoms with van der Waals surface area (Å²) in [4.78, 5) is 14.4. The summed E-state index contributed by atoms with van der Waals surface area (Å²) >= 11 is 1.33. The van der Waals surface area contributed by atoms with Crippen molar-refractivity contribution in [2.45, 2.75) is 0 Å². The highest BCUT2D eigenvalue weighted by molar-refractivity contribution is 7.12. The molecule has 2 aromatic rings. The number of ether oxygens (including phenoxy) is 1. The van der Waals surface area contributed by atoms with Crippen molar-refractivity contribution in [3.63, 3.8) is 0 Å². The van der Waals surface area contributed by atoms with Crippen LogP contribution in [0.4, 0.5) is 5.69 Å². The lowest BCUT2D eigenvalue weighted by molar-refractivity contribution is 0.0994. The Kier molecular flexibility index (Phi) is 3.83. The summed E-state index contributed by atoms with van der Waals surface area (Å²) in [5, 5.41) is 10.7. The Bertz CT molecular complexity index is 643. The minimum Gasteiger partial charge on any atom is -0.495 e. The third-order valence-corrected chi connectivity index (χ3v) is 3.59. The van der Waals surface area contributed by atoms with Gasteiger partial charge in [-0.3, -0.25) is 4.79 Å². The Labute approximate surface area is 115 Å². The summed E-state index contributed by atoms with van der Waals surface area (Å²) in [6.45, 7) is 0. The predicted octanol–water partition coefficient (Wildman–Crippen LogP) is 2.90. The number of methoxy groups -OCH3 is 1. The van der Waals surface area contributed by atoms with Crippen molar-refractivity contribution >= 4 is 22.9 Å². The van der Waals surface area contributed by atoms with Gasteiger partial charge in [-0.2, -0.15) is 5.26 Å². The predicted molar refractivity (Wildman–Crippen MR) is 74.8 cm³/mol. The van der Waals surface area contributed by atoms with E-state index in [0.717, 1.165) is 0 Å². The van der Waals surface area contributed by atoms with Crippen LogP contribution in [0.15, 0.2) is 35.7 Å². The van der Waals surface area contributed by atoms with E-state index in [2.05, 4.69) is 6.07 Å². The molecule has 1 aromatic heterocycles. The number of carbonyl (C=O) groups excluding carboxylic acids is 1. The van der Waals surface area contributed by atoms with Gasteiger partial charge in [0.25, 0.3) is 5.91 Å². The number of rotatable bonds is 3. The molecule has 5 heteroatoms. The quantitative estimate of drug-likeness (QED) is 0.863. The molecule has 0 spiro atoms. The minimum atomic E-state index is -0.151. The van der Waals surface area contributed by atoms with Crippen molar-refractivity contribution in [1.82, 2.24) is 0 Å². The molecule has 96 valence electrons. The Morgan fingerprint density at radius 1 is 1.42 bits per heavy atom. The van der Waals surface area contributed by atoms with E-state index < -0.39 is 0 Å². The summed E-state index contributed by atoms with van der Waals surface area (Å²) < 4.78 is 5.15. The van der Waals surface area contributed by atoms with Crippen LogP contribution in [-0.4, -0.2) is 20.1 Å². The number of hydrogen-bond acceptors (Lipinski definition) is 4. The molecule has 0 saturated heterocycles. The van der Waals surface area contributed by atoms with E-state index in [9.17, 15) is 4.79 Å². The average molecular weight is 272 g/mol. The van der Waals surface area contributed by atoms with Gasteiger partial charge < -0.3 is 9.64 Å². The van der Waals surface area contributed by atoms with Crippen LogP contribution < -0.4 is 9.64 Å². The second kappa shape index (κ2) is 5.55. The molecule has 0 aliphatic heterocycles. The molecule has 0 fully saturated rings. The third kappa shape index (κ3) is 2.59. The fraction of sp³-hybridized carbons (Fsp3) is 0.143. The molecule has 0 bridgehead atoms. The average Bonchev–Trinajstić information content (AvgIpc) is 2.94. The van der Waals surface area contributed by atoms with Gasteiger partial charge in [0.2, 0.25) is 0 Å². The molecular weight excluding hydrogens is 260 g/mol. The smallest absolute Gasteiger partial charge is 0.271 e. The maximum atomic E-state index is 12.4. The normalized spacial score (nSPS) is 9.74. The van der Waals surface area contributed by atoms with Crippen molar-refractivity contribution in [3.05, 3.63) is 46.2 Å². The molecule has 0 radical (unpaired) electrons. The molecule has 19 heavy (non-hydrogen) atoms. The second-order valence-electron chi connectivity index (χ2n) is 3.84. The summed E-state index contributed by atoms with van der Waals surface area (Å²) in [5.74, 6) is 0.417. The van der Waals surface area contributed by atoms with E-state index in [1.807, 2.05) is 5.38 Å². The van der Waals surface area contributed by atoms with E-state index in [-0.39, 0.29) is 5.91 Å². The highest BCUT2D eigenvalue weighted by Crippen LogP contribution is 2.27. The number of nitriles is 1. The standard InChI is InChI=1S/C14H12N2O2S/c1-16(11-5-3-4-10(8-11)9-15)14(17)13-12(18-2)6-7-19-13/h3-8H,1-2H3. The number of benzene rings is 1. The van der Waals surface area contributed by atoms with Crippen LogP contribution in [0.25, 0.3) is 0 Å². The van der Waals surface area contributed by atoms with Gasteiger partial charge in [0.1, 0.15) is 10.6 Å². The summed E-state index contributed by atoms with van der Waals surface area (Å²) in [6.07, 6.45) is 0. The summed E-state index contributed by atoms with van der Waals surface area (Å²) in [6, 6.07) is 10.7. The lowest BCUT2D eigenvalue weighted by Crippen LogP contribution is -2.25. The van der Waals surface area contributed by atoms with E-state index in [1.54, 1.807) is 37.4 Å². The molecule has 2 rings (SSSR count). The van der Waals surface area contributed by atoms with Gasteiger partial charge >= 0.3 is 0 Å². The Morgan fingerprint density at radius 2 is 2.21 bits per heavy atom. The topological polar surface area (TPSA) is 53.3 Å².